The molecule has 0 N–H and O–H groups in total. The first-order chi connectivity index (χ1) is 36.8. The average molecular weight is 1020 g/mol. The molecular weight excluding hydrogens is 942 g/mol. The van der Waals surface area contributed by atoms with Gasteiger partial charge >= 0.3 is 0 Å². The highest BCUT2D eigenvalue weighted by atomic mass is 15.2. The molecule has 8 aromatic carbocycles. The van der Waals surface area contributed by atoms with Gasteiger partial charge in [-0.2, -0.15) is 0 Å². The van der Waals surface area contributed by atoms with Crippen LogP contribution in [0.25, 0.3) is 11.1 Å². The van der Waals surface area contributed by atoms with Crippen molar-refractivity contribution in [3.8, 4) is 11.1 Å². The summed E-state index contributed by atoms with van der Waals surface area (Å²) in [6, 6.07) is 57.6. The molecule has 394 valence electrons. The zero-order chi connectivity index (χ0) is 55.0. The van der Waals surface area contributed by atoms with Gasteiger partial charge in [0.1, 0.15) is 0 Å². The SMILES string of the molecule is Cc1cc2c3c(c1)N(c1ccc(C(C)(C)C)c4c1C(C)(C)c1ccccc1-4)c1cc(N(c4ccccc4C)c4ccccc4C)ccc1B3c1cc3c(cc1N2c1ccc2c(c1)C(C)(C)CCC2(C)C)C(C)(C)CCC3(C)C. The van der Waals surface area contributed by atoms with Crippen molar-refractivity contribution >= 4 is 74.3 Å². The fourth-order valence-corrected chi connectivity index (χ4v) is 15.3. The monoisotopic (exact) mass is 1020 g/mol. The van der Waals surface area contributed by atoms with E-state index in [9.17, 15) is 0 Å². The summed E-state index contributed by atoms with van der Waals surface area (Å²) in [7, 11) is 0. The second-order valence-electron chi connectivity index (χ2n) is 28.5. The molecule has 4 heteroatoms. The van der Waals surface area contributed by atoms with Gasteiger partial charge in [-0.25, -0.2) is 0 Å². The summed E-state index contributed by atoms with van der Waals surface area (Å²) in [6.07, 6.45) is 4.68. The minimum atomic E-state index is -0.283. The molecule has 0 atom stereocenters. The van der Waals surface area contributed by atoms with E-state index in [4.69, 9.17) is 0 Å². The Bertz CT molecular complexity index is 3790. The molecule has 0 amide bonds. The number of hydrogen-bond donors (Lipinski definition) is 0. The Morgan fingerprint density at radius 3 is 1.60 bits per heavy atom. The summed E-state index contributed by atoms with van der Waals surface area (Å²) in [6.45, 7) is 38.8. The molecule has 8 aromatic rings. The van der Waals surface area contributed by atoms with Gasteiger partial charge in [0.2, 0.25) is 0 Å². The molecule has 0 bridgehead atoms. The topological polar surface area (TPSA) is 9.72 Å². The summed E-state index contributed by atoms with van der Waals surface area (Å²) < 4.78 is 0. The molecular formula is C74H80BN3. The Balaban J connectivity index is 1.17. The zero-order valence-corrected chi connectivity index (χ0v) is 49.6. The van der Waals surface area contributed by atoms with Gasteiger partial charge in [-0.15, -0.1) is 0 Å². The van der Waals surface area contributed by atoms with E-state index >= 15 is 0 Å². The van der Waals surface area contributed by atoms with E-state index in [-0.39, 0.29) is 39.2 Å². The molecule has 5 aliphatic rings. The molecule has 3 nitrogen and oxygen atoms in total. The third-order valence-electron chi connectivity index (χ3n) is 20.0. The smallest absolute Gasteiger partial charge is 0.252 e. The van der Waals surface area contributed by atoms with Crippen LogP contribution in [-0.2, 0) is 32.5 Å². The van der Waals surface area contributed by atoms with Crippen molar-refractivity contribution in [2.24, 2.45) is 0 Å². The van der Waals surface area contributed by atoms with Crippen molar-refractivity contribution in [3.05, 3.63) is 201 Å². The summed E-state index contributed by atoms with van der Waals surface area (Å²) in [5, 5.41) is 0. The van der Waals surface area contributed by atoms with Crippen molar-refractivity contribution in [1.82, 2.24) is 0 Å². The zero-order valence-electron chi connectivity index (χ0n) is 49.6. The van der Waals surface area contributed by atoms with Gasteiger partial charge in [0.05, 0.1) is 5.69 Å². The Hall–Kier alpha value is -6.78. The molecule has 0 aromatic heterocycles. The fraction of sp³-hybridized carbons (Fsp3) is 0.351. The molecule has 0 saturated carbocycles. The molecule has 2 aliphatic heterocycles. The lowest BCUT2D eigenvalue weighted by Crippen LogP contribution is -2.62. The van der Waals surface area contributed by atoms with E-state index < -0.39 is 0 Å². The maximum atomic E-state index is 2.74. The first kappa shape index (κ1) is 50.7. The molecule has 0 radical (unpaired) electrons. The van der Waals surface area contributed by atoms with E-state index in [1.54, 1.807) is 0 Å². The predicted molar refractivity (Wildman–Crippen MR) is 336 cm³/mol. The standard InChI is InChI=1S/C74H80BN3/c1-45-39-64-68-65(40-45)78(61-34-32-53(69(4,5)6)66-50-25-19-20-26-51(50)74(15,16)67(61)66)62-42-49(76(59-27-21-17-23-46(59)2)60-28-22-18-24-47(60)3)30-33-57(62)75(68)58-43-55-56(73(13,14)38-37-72(55,11)12)44-63(58)77(64)48-29-31-52-54(41-48)71(9,10)36-35-70(52,7)8/h17-34,39-44H,35-38H2,1-16H3. The lowest BCUT2D eigenvalue weighted by molar-refractivity contribution is 0.332. The number of fused-ring (bicyclic) bond motifs is 9. The lowest BCUT2D eigenvalue weighted by Gasteiger charge is -2.48. The predicted octanol–water partition coefficient (Wildman–Crippen LogP) is 18.5. The van der Waals surface area contributed by atoms with Gasteiger partial charge in [-0.05, 0) is 217 Å². The fourth-order valence-electron chi connectivity index (χ4n) is 15.3. The second kappa shape index (κ2) is 16.9. The highest BCUT2D eigenvalue weighted by Gasteiger charge is 2.49. The Morgan fingerprint density at radius 1 is 0.449 bits per heavy atom. The number of para-hydroxylation sites is 2. The van der Waals surface area contributed by atoms with E-state index in [0.717, 1.165) is 18.5 Å². The van der Waals surface area contributed by atoms with E-state index in [1.807, 2.05) is 0 Å². The third kappa shape index (κ3) is 7.36. The van der Waals surface area contributed by atoms with Crippen LogP contribution in [0.3, 0.4) is 0 Å². The van der Waals surface area contributed by atoms with Crippen LogP contribution in [0, 0.1) is 20.8 Å². The summed E-state index contributed by atoms with van der Waals surface area (Å²) in [5.74, 6) is 0. The van der Waals surface area contributed by atoms with Crippen molar-refractivity contribution in [1.29, 1.82) is 0 Å². The number of benzene rings is 8. The number of nitrogens with zero attached hydrogens (tertiary/aromatic N) is 3. The molecule has 0 saturated heterocycles. The van der Waals surface area contributed by atoms with E-state index in [2.05, 4.69) is 271 Å². The second-order valence-corrected chi connectivity index (χ2v) is 28.5. The van der Waals surface area contributed by atoms with Gasteiger partial charge < -0.3 is 14.7 Å². The van der Waals surface area contributed by atoms with E-state index in [1.165, 1.54) is 141 Å². The summed E-state index contributed by atoms with van der Waals surface area (Å²) in [4.78, 5) is 7.97. The van der Waals surface area contributed by atoms with Gasteiger partial charge in [0.15, 0.2) is 0 Å². The largest absolute Gasteiger partial charge is 0.311 e. The van der Waals surface area contributed by atoms with Crippen LogP contribution in [-0.4, -0.2) is 6.71 Å². The quantitative estimate of drug-likeness (QED) is 0.159. The maximum absolute atomic E-state index is 2.74. The maximum Gasteiger partial charge on any atom is 0.252 e. The summed E-state index contributed by atoms with van der Waals surface area (Å²) in [5.41, 5.74) is 31.8. The first-order valence-corrected chi connectivity index (χ1v) is 29.2. The third-order valence-corrected chi connectivity index (χ3v) is 20.0. The van der Waals surface area contributed by atoms with Gasteiger partial charge in [0, 0.05) is 50.9 Å². The van der Waals surface area contributed by atoms with Crippen molar-refractivity contribution < 1.29 is 0 Å². The van der Waals surface area contributed by atoms with Crippen LogP contribution in [0.1, 0.15) is 171 Å². The number of anilines is 9. The lowest BCUT2D eigenvalue weighted by atomic mass is 9.33. The molecule has 13 rings (SSSR count). The molecule has 3 aliphatic carbocycles. The number of hydrogen-bond acceptors (Lipinski definition) is 3. The van der Waals surface area contributed by atoms with Gasteiger partial charge in [-0.1, -0.05) is 175 Å². The van der Waals surface area contributed by atoms with Crippen molar-refractivity contribution in [2.45, 2.75) is 169 Å². The van der Waals surface area contributed by atoms with Crippen LogP contribution < -0.4 is 31.1 Å². The molecule has 2 heterocycles. The van der Waals surface area contributed by atoms with Crippen LogP contribution in [0.4, 0.5) is 51.2 Å². The first-order valence-electron chi connectivity index (χ1n) is 29.2. The summed E-state index contributed by atoms with van der Waals surface area (Å²) >= 11 is 0. The Kier molecular flexibility index (Phi) is 11.0. The van der Waals surface area contributed by atoms with Gasteiger partial charge in [-0.3, -0.25) is 0 Å². The van der Waals surface area contributed by atoms with Crippen LogP contribution in [0.15, 0.2) is 146 Å². The minimum Gasteiger partial charge on any atom is -0.311 e. The highest BCUT2D eigenvalue weighted by molar-refractivity contribution is 7.00. The Labute approximate surface area is 467 Å². The van der Waals surface area contributed by atoms with Crippen LogP contribution in [0.5, 0.6) is 0 Å². The van der Waals surface area contributed by atoms with Gasteiger partial charge in [0.25, 0.3) is 6.71 Å². The normalized spacial score (nSPS) is 18.2. The highest BCUT2D eigenvalue weighted by Crippen LogP contribution is 2.59. The molecule has 78 heavy (non-hydrogen) atoms. The number of rotatable bonds is 5. The molecule has 0 spiro atoms. The average Bonchev–Trinajstić information content (AvgIpc) is 2.95. The Morgan fingerprint density at radius 2 is 0.987 bits per heavy atom. The van der Waals surface area contributed by atoms with Crippen molar-refractivity contribution in [3.63, 3.8) is 0 Å². The van der Waals surface area contributed by atoms with Crippen molar-refractivity contribution in [2.75, 3.05) is 14.7 Å². The van der Waals surface area contributed by atoms with Crippen LogP contribution >= 0.6 is 0 Å². The van der Waals surface area contributed by atoms with E-state index in [0.29, 0.717) is 0 Å². The minimum absolute atomic E-state index is 0.0213. The van der Waals surface area contributed by atoms with Crippen LogP contribution in [0.2, 0.25) is 0 Å². The molecule has 0 unspecified atom stereocenters. The molecule has 0 fully saturated rings. The number of aryl methyl sites for hydroxylation is 3.